The van der Waals surface area contributed by atoms with Gasteiger partial charge >= 0.3 is 0 Å². The van der Waals surface area contributed by atoms with E-state index in [1.807, 2.05) is 36.4 Å². The highest BCUT2D eigenvalue weighted by Gasteiger charge is 2.25. The summed E-state index contributed by atoms with van der Waals surface area (Å²) in [6.45, 7) is 1.81. The van der Waals surface area contributed by atoms with Crippen molar-refractivity contribution >= 4 is 17.5 Å². The lowest BCUT2D eigenvalue weighted by Crippen LogP contribution is -2.41. The van der Waals surface area contributed by atoms with Gasteiger partial charge in [0.25, 0.3) is 5.56 Å². The monoisotopic (exact) mass is 382 g/mol. The minimum absolute atomic E-state index is 0.0994. The summed E-state index contributed by atoms with van der Waals surface area (Å²) in [6.07, 6.45) is 3.26. The molecule has 1 fully saturated rings. The number of ether oxygens (including phenoxy) is 1. The Bertz CT molecular complexity index is 1010. The quantitative estimate of drug-likeness (QED) is 0.696. The molecule has 1 atom stereocenters. The van der Waals surface area contributed by atoms with Crippen LogP contribution in [0.2, 0.25) is 5.02 Å². The molecule has 0 N–H and O–H groups in total. The van der Waals surface area contributed by atoms with Crippen LogP contribution in [0.3, 0.4) is 0 Å². The number of morpholine rings is 1. The maximum Gasteiger partial charge on any atom is 0.255 e. The van der Waals surface area contributed by atoms with Crippen LogP contribution in [0, 0.1) is 0 Å². The van der Waals surface area contributed by atoms with Gasteiger partial charge in [-0.2, -0.15) is 0 Å². The average Bonchev–Trinajstić information content (AvgIpc) is 2.71. The van der Waals surface area contributed by atoms with Crippen LogP contribution in [0.5, 0.6) is 0 Å². The highest BCUT2D eigenvalue weighted by molar-refractivity contribution is 6.30. The van der Waals surface area contributed by atoms with Gasteiger partial charge in [0.05, 0.1) is 18.8 Å². The second kappa shape index (κ2) is 7.50. The predicted molar refractivity (Wildman–Crippen MR) is 105 cm³/mol. The lowest BCUT2D eigenvalue weighted by Gasteiger charge is -2.34. The van der Waals surface area contributed by atoms with Crippen molar-refractivity contribution in [1.29, 1.82) is 0 Å². The topological polar surface area (TPSA) is 60.2 Å². The zero-order chi connectivity index (χ0) is 18.8. The normalized spacial score (nSPS) is 17.1. The number of hydrogen-bond acceptors (Lipinski definition) is 5. The van der Waals surface area contributed by atoms with Crippen LogP contribution in [-0.4, -0.2) is 34.2 Å². The van der Waals surface area contributed by atoms with Gasteiger partial charge in [0.2, 0.25) is 5.95 Å². The fourth-order valence-corrected chi connectivity index (χ4v) is 3.42. The number of anilines is 1. The van der Waals surface area contributed by atoms with Crippen LogP contribution in [-0.2, 0) is 11.8 Å². The Kier molecular flexibility index (Phi) is 4.92. The number of nitrogens with zero attached hydrogens (tertiary/aromatic N) is 4. The van der Waals surface area contributed by atoms with Crippen molar-refractivity contribution in [3.05, 3.63) is 75.8 Å². The van der Waals surface area contributed by atoms with E-state index in [9.17, 15) is 4.79 Å². The zero-order valence-electron chi connectivity index (χ0n) is 14.9. The molecular formula is C20H19ClN4O2. The third-order valence-electron chi connectivity index (χ3n) is 4.66. The Morgan fingerprint density at radius 1 is 1.19 bits per heavy atom. The molecule has 7 heteroatoms. The van der Waals surface area contributed by atoms with Crippen LogP contribution in [0.15, 0.2) is 59.7 Å². The van der Waals surface area contributed by atoms with Gasteiger partial charge in [-0.1, -0.05) is 23.7 Å². The largest absolute Gasteiger partial charge is 0.370 e. The van der Waals surface area contributed by atoms with Crippen molar-refractivity contribution in [3.8, 4) is 11.3 Å². The van der Waals surface area contributed by atoms with Gasteiger partial charge in [0, 0.05) is 42.6 Å². The summed E-state index contributed by atoms with van der Waals surface area (Å²) in [4.78, 5) is 23.4. The summed E-state index contributed by atoms with van der Waals surface area (Å²) in [7, 11) is 1.74. The molecule has 0 saturated carbocycles. The second-order valence-electron chi connectivity index (χ2n) is 6.43. The molecule has 6 nitrogen and oxygen atoms in total. The van der Waals surface area contributed by atoms with Gasteiger partial charge < -0.3 is 9.64 Å². The molecule has 0 bridgehead atoms. The molecule has 1 saturated heterocycles. The van der Waals surface area contributed by atoms with Crippen LogP contribution < -0.4 is 10.5 Å². The molecule has 1 aliphatic rings. The first kappa shape index (κ1) is 17.7. The van der Waals surface area contributed by atoms with E-state index in [1.54, 1.807) is 30.1 Å². The van der Waals surface area contributed by atoms with Crippen molar-refractivity contribution in [3.63, 3.8) is 0 Å². The highest BCUT2D eigenvalue weighted by Crippen LogP contribution is 2.27. The summed E-state index contributed by atoms with van der Waals surface area (Å²) in [5, 5.41) is 0.679. The highest BCUT2D eigenvalue weighted by atomic mass is 35.5. The molecule has 0 unspecified atom stereocenters. The molecule has 27 heavy (non-hydrogen) atoms. The van der Waals surface area contributed by atoms with E-state index in [1.165, 1.54) is 0 Å². The number of hydrogen-bond donors (Lipinski definition) is 0. The maximum atomic E-state index is 12.5. The Balaban J connectivity index is 1.68. The van der Waals surface area contributed by atoms with Crippen LogP contribution in [0.1, 0.15) is 11.7 Å². The summed E-state index contributed by atoms with van der Waals surface area (Å²) in [5.74, 6) is 0.629. The molecule has 0 spiro atoms. The Labute approximate surface area is 162 Å². The lowest BCUT2D eigenvalue weighted by atomic mass is 10.1. The van der Waals surface area contributed by atoms with E-state index in [0.29, 0.717) is 36.4 Å². The summed E-state index contributed by atoms with van der Waals surface area (Å²) in [5.41, 5.74) is 2.42. The van der Waals surface area contributed by atoms with E-state index in [-0.39, 0.29) is 11.7 Å². The third-order valence-corrected chi connectivity index (χ3v) is 4.89. The third kappa shape index (κ3) is 3.72. The summed E-state index contributed by atoms with van der Waals surface area (Å²) in [6, 6.07) is 12.9. The van der Waals surface area contributed by atoms with Crippen LogP contribution >= 0.6 is 11.6 Å². The Morgan fingerprint density at radius 3 is 2.78 bits per heavy atom. The molecule has 3 heterocycles. The minimum atomic E-state index is -0.126. The number of benzene rings is 1. The Morgan fingerprint density at radius 2 is 2.00 bits per heavy atom. The summed E-state index contributed by atoms with van der Waals surface area (Å²) < 4.78 is 7.51. The van der Waals surface area contributed by atoms with Crippen molar-refractivity contribution < 1.29 is 4.74 Å². The molecular weight excluding hydrogens is 364 g/mol. The first-order valence-corrected chi connectivity index (χ1v) is 9.10. The molecule has 2 aromatic heterocycles. The van der Waals surface area contributed by atoms with Gasteiger partial charge in [-0.15, -0.1) is 0 Å². The van der Waals surface area contributed by atoms with E-state index >= 15 is 0 Å². The molecule has 0 amide bonds. The fourth-order valence-electron chi connectivity index (χ4n) is 3.22. The van der Waals surface area contributed by atoms with Gasteiger partial charge in [-0.25, -0.2) is 4.98 Å². The van der Waals surface area contributed by atoms with Gasteiger partial charge in [-0.05, 0) is 29.8 Å². The number of pyridine rings is 1. The average molecular weight is 383 g/mol. The SMILES string of the molecule is Cn1c(N2CCO[C@@H](c3cccc(Cl)c3)C2)nc(-c2ccncc2)cc1=O. The molecule has 1 aliphatic heterocycles. The molecule has 0 aliphatic carbocycles. The van der Waals surface area contributed by atoms with E-state index in [0.717, 1.165) is 11.1 Å². The number of rotatable bonds is 3. The minimum Gasteiger partial charge on any atom is -0.370 e. The Hall–Kier alpha value is -2.70. The number of halogens is 1. The van der Waals surface area contributed by atoms with Crippen molar-refractivity contribution in [2.24, 2.45) is 7.05 Å². The first-order chi connectivity index (χ1) is 13.1. The van der Waals surface area contributed by atoms with E-state index < -0.39 is 0 Å². The van der Waals surface area contributed by atoms with Gasteiger partial charge in [0.15, 0.2) is 0 Å². The van der Waals surface area contributed by atoms with Crippen LogP contribution in [0.4, 0.5) is 5.95 Å². The van der Waals surface area contributed by atoms with Crippen molar-refractivity contribution in [2.45, 2.75) is 6.10 Å². The standard InChI is InChI=1S/C20H19ClN4O2/c1-24-19(26)12-17(14-5-7-22-8-6-14)23-20(24)25-9-10-27-18(13-25)15-3-2-4-16(21)11-15/h2-8,11-12,18H,9-10,13H2,1H3/t18-/m1/s1. The predicted octanol–water partition coefficient (Wildman–Crippen LogP) is 3.07. The first-order valence-electron chi connectivity index (χ1n) is 8.72. The smallest absolute Gasteiger partial charge is 0.255 e. The summed E-state index contributed by atoms with van der Waals surface area (Å²) >= 11 is 6.12. The van der Waals surface area contributed by atoms with Crippen molar-refractivity contribution in [2.75, 3.05) is 24.6 Å². The van der Waals surface area contributed by atoms with Gasteiger partial charge in [0.1, 0.15) is 6.10 Å². The fraction of sp³-hybridized carbons (Fsp3) is 0.250. The second-order valence-corrected chi connectivity index (χ2v) is 6.87. The van der Waals surface area contributed by atoms with Gasteiger partial charge in [-0.3, -0.25) is 14.3 Å². The zero-order valence-corrected chi connectivity index (χ0v) is 15.6. The maximum absolute atomic E-state index is 12.5. The molecule has 1 aromatic carbocycles. The van der Waals surface area contributed by atoms with Crippen LogP contribution in [0.25, 0.3) is 11.3 Å². The lowest BCUT2D eigenvalue weighted by molar-refractivity contribution is 0.0390. The number of aromatic nitrogens is 3. The molecule has 138 valence electrons. The van der Waals surface area contributed by atoms with Crippen molar-refractivity contribution in [1.82, 2.24) is 14.5 Å². The molecule has 4 rings (SSSR count). The van der Waals surface area contributed by atoms with E-state index in [4.69, 9.17) is 21.3 Å². The molecule has 3 aromatic rings. The van der Waals surface area contributed by atoms with E-state index in [2.05, 4.69) is 9.88 Å². The molecule has 0 radical (unpaired) electrons.